The van der Waals surface area contributed by atoms with Crippen molar-refractivity contribution in [1.29, 1.82) is 0 Å². The van der Waals surface area contributed by atoms with Crippen LogP contribution in [0.1, 0.15) is 32.4 Å². The topological polar surface area (TPSA) is 21.3 Å². The van der Waals surface area contributed by atoms with Crippen molar-refractivity contribution >= 4 is 11.6 Å². The Morgan fingerprint density at radius 3 is 2.81 bits per heavy atom. The summed E-state index contributed by atoms with van der Waals surface area (Å²) in [7, 11) is 0. The maximum atomic E-state index is 5.99. The third-order valence-corrected chi connectivity index (χ3v) is 3.11. The molecule has 1 aromatic rings. The van der Waals surface area contributed by atoms with Gasteiger partial charge >= 0.3 is 0 Å². The number of hydrogen-bond acceptors (Lipinski definition) is 2. The van der Waals surface area contributed by atoms with Gasteiger partial charge in [-0.25, -0.2) is 0 Å². The predicted molar refractivity (Wildman–Crippen MR) is 66.8 cm³/mol. The molecule has 0 aliphatic carbocycles. The number of ether oxygens (including phenoxy) is 1. The zero-order valence-corrected chi connectivity index (χ0v) is 10.7. The number of rotatable bonds is 1. The molecule has 0 aromatic heterocycles. The monoisotopic (exact) mass is 239 g/mol. The summed E-state index contributed by atoms with van der Waals surface area (Å²) in [6.45, 7) is 7.16. The van der Waals surface area contributed by atoms with Gasteiger partial charge in [-0.2, -0.15) is 0 Å². The van der Waals surface area contributed by atoms with Crippen LogP contribution in [0.2, 0.25) is 5.02 Å². The maximum Gasteiger partial charge on any atom is 0.0976 e. The van der Waals surface area contributed by atoms with Gasteiger partial charge in [0.1, 0.15) is 0 Å². The Bertz CT molecular complexity index is 378. The minimum Gasteiger partial charge on any atom is -0.370 e. The van der Waals surface area contributed by atoms with E-state index in [1.807, 2.05) is 18.2 Å². The molecule has 1 aromatic carbocycles. The van der Waals surface area contributed by atoms with E-state index in [4.69, 9.17) is 16.3 Å². The molecule has 1 N–H and O–H groups in total. The van der Waals surface area contributed by atoms with Crippen molar-refractivity contribution in [3.63, 3.8) is 0 Å². The van der Waals surface area contributed by atoms with E-state index in [-0.39, 0.29) is 11.6 Å². The Hall–Kier alpha value is -0.570. The van der Waals surface area contributed by atoms with Gasteiger partial charge in [-0.3, -0.25) is 0 Å². The molecule has 88 valence electrons. The minimum atomic E-state index is 0.0501. The van der Waals surface area contributed by atoms with E-state index < -0.39 is 0 Å². The van der Waals surface area contributed by atoms with Gasteiger partial charge in [0.05, 0.1) is 12.7 Å². The molecule has 1 aliphatic heterocycles. The highest BCUT2D eigenvalue weighted by Gasteiger charge is 2.33. The molecule has 0 spiro atoms. The summed E-state index contributed by atoms with van der Waals surface area (Å²) in [4.78, 5) is 0. The molecule has 1 saturated heterocycles. The summed E-state index contributed by atoms with van der Waals surface area (Å²) in [5.74, 6) is 0. The molecule has 1 aliphatic rings. The Morgan fingerprint density at radius 2 is 2.19 bits per heavy atom. The second-order valence-corrected chi connectivity index (χ2v) is 5.54. The molecule has 2 rings (SSSR count). The summed E-state index contributed by atoms with van der Waals surface area (Å²) < 4.78 is 5.93. The first-order valence-corrected chi connectivity index (χ1v) is 6.00. The smallest absolute Gasteiger partial charge is 0.0976 e. The summed E-state index contributed by atoms with van der Waals surface area (Å²) >= 11 is 5.99. The van der Waals surface area contributed by atoms with Crippen LogP contribution in [-0.2, 0) is 4.74 Å². The molecule has 1 heterocycles. The lowest BCUT2D eigenvalue weighted by molar-refractivity contribution is -0.0495. The molecule has 0 radical (unpaired) electrons. The van der Waals surface area contributed by atoms with Crippen molar-refractivity contribution in [2.75, 3.05) is 6.61 Å². The van der Waals surface area contributed by atoms with Gasteiger partial charge in [-0.1, -0.05) is 23.7 Å². The van der Waals surface area contributed by atoms with Gasteiger partial charge in [0.15, 0.2) is 0 Å². The molecule has 0 unspecified atom stereocenters. The number of morpholine rings is 1. The Morgan fingerprint density at radius 1 is 1.44 bits per heavy atom. The number of hydrogen-bond donors (Lipinski definition) is 1. The SMILES string of the molecule is C[C@@H]1NC(C)(C)CO[C@@H]1c1cccc(Cl)c1. The van der Waals surface area contributed by atoms with Crippen LogP contribution in [0, 0.1) is 0 Å². The average Bonchev–Trinajstić information content (AvgIpc) is 2.15. The number of halogens is 1. The molecule has 16 heavy (non-hydrogen) atoms. The first kappa shape index (κ1) is 11.9. The van der Waals surface area contributed by atoms with Crippen molar-refractivity contribution in [3.8, 4) is 0 Å². The van der Waals surface area contributed by atoms with E-state index in [0.29, 0.717) is 12.6 Å². The van der Waals surface area contributed by atoms with E-state index in [2.05, 4.69) is 32.2 Å². The van der Waals surface area contributed by atoms with Crippen molar-refractivity contribution in [3.05, 3.63) is 34.9 Å². The molecule has 0 amide bonds. The fourth-order valence-corrected chi connectivity index (χ4v) is 2.44. The zero-order chi connectivity index (χ0) is 11.8. The predicted octanol–water partition coefficient (Wildman–Crippen LogP) is 3.17. The lowest BCUT2D eigenvalue weighted by atomic mass is 9.96. The molecule has 1 fully saturated rings. The van der Waals surface area contributed by atoms with E-state index in [0.717, 1.165) is 10.6 Å². The summed E-state index contributed by atoms with van der Waals surface area (Å²) in [6.07, 6.45) is 0.0896. The maximum absolute atomic E-state index is 5.99. The molecule has 2 atom stereocenters. The van der Waals surface area contributed by atoms with Crippen LogP contribution in [0.4, 0.5) is 0 Å². The molecule has 0 saturated carbocycles. The Balaban J connectivity index is 2.17. The molecule has 3 heteroatoms. The number of benzene rings is 1. The summed E-state index contributed by atoms with van der Waals surface area (Å²) in [5.41, 5.74) is 1.19. The van der Waals surface area contributed by atoms with Gasteiger partial charge in [0.2, 0.25) is 0 Å². The van der Waals surface area contributed by atoms with Crippen LogP contribution in [0.15, 0.2) is 24.3 Å². The second kappa shape index (κ2) is 4.36. The lowest BCUT2D eigenvalue weighted by Gasteiger charge is -2.41. The fourth-order valence-electron chi connectivity index (χ4n) is 2.24. The van der Waals surface area contributed by atoms with Gasteiger partial charge in [0.25, 0.3) is 0 Å². The largest absolute Gasteiger partial charge is 0.370 e. The van der Waals surface area contributed by atoms with E-state index in [1.165, 1.54) is 0 Å². The van der Waals surface area contributed by atoms with Crippen molar-refractivity contribution < 1.29 is 4.74 Å². The van der Waals surface area contributed by atoms with Crippen molar-refractivity contribution in [1.82, 2.24) is 5.32 Å². The van der Waals surface area contributed by atoms with Crippen LogP contribution in [0.5, 0.6) is 0 Å². The Labute approximate surface area is 102 Å². The minimum absolute atomic E-state index is 0.0501. The molecular formula is C13H18ClNO. The molecular weight excluding hydrogens is 222 g/mol. The zero-order valence-electron chi connectivity index (χ0n) is 9.96. The van der Waals surface area contributed by atoms with Crippen LogP contribution in [-0.4, -0.2) is 18.2 Å². The third-order valence-electron chi connectivity index (χ3n) is 2.87. The first-order chi connectivity index (χ1) is 7.48. The van der Waals surface area contributed by atoms with Gasteiger partial charge in [-0.15, -0.1) is 0 Å². The molecule has 2 nitrogen and oxygen atoms in total. The average molecular weight is 240 g/mol. The van der Waals surface area contributed by atoms with Crippen LogP contribution >= 0.6 is 11.6 Å². The Kier molecular flexibility index (Phi) is 3.24. The van der Waals surface area contributed by atoms with Gasteiger partial charge < -0.3 is 10.1 Å². The first-order valence-electron chi connectivity index (χ1n) is 5.63. The third kappa shape index (κ3) is 2.57. The van der Waals surface area contributed by atoms with Crippen molar-refractivity contribution in [2.45, 2.75) is 38.5 Å². The van der Waals surface area contributed by atoms with Gasteiger partial charge in [-0.05, 0) is 38.5 Å². The summed E-state index contributed by atoms with van der Waals surface area (Å²) in [6, 6.07) is 8.18. The quantitative estimate of drug-likeness (QED) is 0.813. The van der Waals surface area contributed by atoms with E-state index in [9.17, 15) is 0 Å². The molecule has 0 bridgehead atoms. The van der Waals surface area contributed by atoms with Crippen LogP contribution in [0.25, 0.3) is 0 Å². The van der Waals surface area contributed by atoms with Crippen molar-refractivity contribution in [2.24, 2.45) is 0 Å². The highest BCUT2D eigenvalue weighted by molar-refractivity contribution is 6.30. The van der Waals surface area contributed by atoms with Crippen LogP contribution in [0.3, 0.4) is 0 Å². The summed E-state index contributed by atoms with van der Waals surface area (Å²) in [5, 5.41) is 4.32. The second-order valence-electron chi connectivity index (χ2n) is 5.10. The lowest BCUT2D eigenvalue weighted by Crippen LogP contribution is -2.55. The fraction of sp³-hybridized carbons (Fsp3) is 0.538. The standard InChI is InChI=1S/C13H18ClNO/c1-9-12(16-8-13(2,3)15-9)10-5-4-6-11(14)7-10/h4-7,9,12,15H,8H2,1-3H3/t9-,12-/m0/s1. The van der Waals surface area contributed by atoms with E-state index >= 15 is 0 Å². The van der Waals surface area contributed by atoms with Gasteiger partial charge in [0, 0.05) is 16.6 Å². The number of nitrogens with one attached hydrogen (secondary N) is 1. The van der Waals surface area contributed by atoms with Crippen LogP contribution < -0.4 is 5.32 Å². The highest BCUT2D eigenvalue weighted by Crippen LogP contribution is 2.29. The van der Waals surface area contributed by atoms with E-state index in [1.54, 1.807) is 0 Å². The highest BCUT2D eigenvalue weighted by atomic mass is 35.5. The normalized spacial score (nSPS) is 29.0.